The Balaban J connectivity index is 0.000000604. The second-order valence-electron chi connectivity index (χ2n) is 12.6. The van der Waals surface area contributed by atoms with Crippen LogP contribution in [-0.2, 0) is 0 Å². The van der Waals surface area contributed by atoms with Crippen molar-refractivity contribution in [3.8, 4) is 33.8 Å². The van der Waals surface area contributed by atoms with E-state index in [2.05, 4.69) is 166 Å². The first-order valence-corrected chi connectivity index (χ1v) is 18.9. The van der Waals surface area contributed by atoms with Gasteiger partial charge in [-0.25, -0.2) is 9.97 Å². The molecule has 2 heterocycles. The molecule has 0 saturated carbocycles. The molecule has 0 fully saturated rings. The third kappa shape index (κ3) is 8.97. The van der Waals surface area contributed by atoms with Gasteiger partial charge in [-0.2, -0.15) is 0 Å². The van der Waals surface area contributed by atoms with Crippen LogP contribution in [0, 0.1) is 0 Å². The first-order chi connectivity index (χ1) is 25.6. The van der Waals surface area contributed by atoms with Crippen LogP contribution in [0.25, 0.3) is 66.5 Å². The van der Waals surface area contributed by atoms with Gasteiger partial charge in [0.1, 0.15) is 0 Å². The average Bonchev–Trinajstić information content (AvgIpc) is 3.22. The van der Waals surface area contributed by atoms with E-state index >= 15 is 0 Å². The number of benzene rings is 5. The molecule has 0 amide bonds. The van der Waals surface area contributed by atoms with Gasteiger partial charge in [-0.1, -0.05) is 164 Å². The van der Waals surface area contributed by atoms with Crippen molar-refractivity contribution >= 4 is 32.7 Å². The van der Waals surface area contributed by atoms with Gasteiger partial charge in [0.15, 0.2) is 5.82 Å². The molecule has 1 aliphatic carbocycles. The number of allylic oxidation sites excluding steroid dienone is 4. The van der Waals surface area contributed by atoms with E-state index in [9.17, 15) is 0 Å². The molecule has 0 atom stereocenters. The molecule has 5 aromatic carbocycles. The van der Waals surface area contributed by atoms with Gasteiger partial charge in [0.05, 0.1) is 11.4 Å². The summed E-state index contributed by atoms with van der Waals surface area (Å²) in [6, 6.07) is 44.8. The lowest BCUT2D eigenvalue weighted by Gasteiger charge is -2.17. The molecule has 3 heteroatoms. The largest absolute Gasteiger partial charge is 0.264 e. The second-order valence-corrected chi connectivity index (χ2v) is 12.6. The van der Waals surface area contributed by atoms with E-state index < -0.39 is 0 Å². The first-order valence-electron chi connectivity index (χ1n) is 18.9. The number of hydrogen-bond donors (Lipinski definition) is 0. The number of rotatable bonds is 5. The zero-order chi connectivity index (χ0) is 36.7. The number of pyridine rings is 1. The molecular formula is C49H51N3. The van der Waals surface area contributed by atoms with Crippen LogP contribution in [0.5, 0.6) is 0 Å². The fourth-order valence-corrected chi connectivity index (χ4v) is 6.25. The number of hydrogen-bond acceptors (Lipinski definition) is 3. The lowest BCUT2D eigenvalue weighted by molar-refractivity contribution is 1.05. The summed E-state index contributed by atoms with van der Waals surface area (Å²) in [6.45, 7) is 12.5. The highest BCUT2D eigenvalue weighted by molar-refractivity contribution is 6.13. The Morgan fingerprint density at radius 3 is 1.88 bits per heavy atom. The van der Waals surface area contributed by atoms with Crippen LogP contribution in [0.1, 0.15) is 78.5 Å². The molecule has 0 bridgehead atoms. The van der Waals surface area contributed by atoms with Gasteiger partial charge in [-0.3, -0.25) is 4.98 Å². The van der Waals surface area contributed by atoms with Gasteiger partial charge in [0.2, 0.25) is 0 Å². The number of nitrogens with zero attached hydrogens (tertiary/aromatic N) is 3. The van der Waals surface area contributed by atoms with Crippen LogP contribution in [0.3, 0.4) is 0 Å². The van der Waals surface area contributed by atoms with Gasteiger partial charge < -0.3 is 0 Å². The van der Waals surface area contributed by atoms with Crippen molar-refractivity contribution in [3.63, 3.8) is 0 Å². The molecule has 0 aliphatic heterocycles. The van der Waals surface area contributed by atoms with Crippen molar-refractivity contribution in [2.24, 2.45) is 0 Å². The summed E-state index contributed by atoms with van der Waals surface area (Å²) < 4.78 is 0. The maximum Gasteiger partial charge on any atom is 0.161 e. The Morgan fingerprint density at radius 1 is 0.538 bits per heavy atom. The third-order valence-corrected chi connectivity index (χ3v) is 8.44. The summed E-state index contributed by atoms with van der Waals surface area (Å²) in [5, 5.41) is 4.77. The van der Waals surface area contributed by atoms with E-state index in [1.54, 1.807) is 6.20 Å². The van der Waals surface area contributed by atoms with Gasteiger partial charge in [-0.05, 0) is 87.0 Å². The van der Waals surface area contributed by atoms with Crippen molar-refractivity contribution in [1.29, 1.82) is 0 Å². The zero-order valence-corrected chi connectivity index (χ0v) is 31.6. The fraction of sp³-hybridized carbons (Fsp3) is 0.204. The summed E-state index contributed by atoms with van der Waals surface area (Å²) in [7, 11) is 0. The van der Waals surface area contributed by atoms with Crippen molar-refractivity contribution in [1.82, 2.24) is 15.0 Å². The van der Waals surface area contributed by atoms with E-state index in [-0.39, 0.29) is 0 Å². The molecule has 0 spiro atoms. The normalized spacial score (nSPS) is 11.9. The lowest BCUT2D eigenvalue weighted by atomic mass is 9.92. The number of aromatic nitrogens is 3. The Bertz CT molecular complexity index is 2250. The molecule has 7 aromatic rings. The van der Waals surface area contributed by atoms with Gasteiger partial charge >= 0.3 is 0 Å². The Morgan fingerprint density at radius 2 is 1.15 bits per heavy atom. The fourth-order valence-electron chi connectivity index (χ4n) is 6.25. The molecule has 2 aromatic heterocycles. The zero-order valence-electron chi connectivity index (χ0n) is 31.6. The Labute approximate surface area is 310 Å². The molecule has 0 radical (unpaired) electrons. The molecule has 0 unspecified atom stereocenters. The highest BCUT2D eigenvalue weighted by atomic mass is 14.9. The van der Waals surface area contributed by atoms with Gasteiger partial charge in [0, 0.05) is 29.1 Å². The SMILES string of the molecule is C1=C(c2ccccc2)CCC=C1c1cc(-c2cccc(-c3cccnc3)c2)nc(-c2cc3ccccc3c3ccccc23)n1.CC.CCC.CCC. The average molecular weight is 682 g/mol. The molecule has 0 N–H and O–H groups in total. The first kappa shape index (κ1) is 37.6. The molecule has 0 saturated heterocycles. The van der Waals surface area contributed by atoms with Crippen molar-refractivity contribution in [2.45, 2.75) is 67.2 Å². The molecular weight excluding hydrogens is 631 g/mol. The maximum atomic E-state index is 5.28. The third-order valence-electron chi connectivity index (χ3n) is 8.44. The smallest absolute Gasteiger partial charge is 0.161 e. The Kier molecular flexibility index (Phi) is 13.8. The summed E-state index contributed by atoms with van der Waals surface area (Å²) in [4.78, 5) is 14.9. The second kappa shape index (κ2) is 19.1. The van der Waals surface area contributed by atoms with Crippen LogP contribution in [0.4, 0.5) is 0 Å². The summed E-state index contributed by atoms with van der Waals surface area (Å²) in [6.07, 6.45) is 12.8. The molecule has 8 rings (SSSR count). The van der Waals surface area contributed by atoms with Crippen LogP contribution in [0.2, 0.25) is 0 Å². The summed E-state index contributed by atoms with van der Waals surface area (Å²) in [5.41, 5.74) is 9.83. The van der Waals surface area contributed by atoms with E-state index in [1.165, 1.54) is 40.1 Å². The van der Waals surface area contributed by atoms with Crippen molar-refractivity contribution in [2.75, 3.05) is 0 Å². The molecule has 262 valence electrons. The van der Waals surface area contributed by atoms with E-state index in [0.29, 0.717) is 0 Å². The van der Waals surface area contributed by atoms with Crippen LogP contribution in [-0.4, -0.2) is 15.0 Å². The van der Waals surface area contributed by atoms with Crippen LogP contribution >= 0.6 is 0 Å². The molecule has 1 aliphatic rings. The van der Waals surface area contributed by atoms with Crippen LogP contribution < -0.4 is 0 Å². The van der Waals surface area contributed by atoms with Crippen molar-refractivity contribution < 1.29 is 0 Å². The minimum Gasteiger partial charge on any atom is -0.264 e. The number of fused-ring (bicyclic) bond motifs is 3. The lowest BCUT2D eigenvalue weighted by Crippen LogP contribution is -2.01. The van der Waals surface area contributed by atoms with E-state index in [1.807, 2.05) is 26.1 Å². The van der Waals surface area contributed by atoms with E-state index in [0.717, 1.165) is 63.3 Å². The van der Waals surface area contributed by atoms with E-state index in [4.69, 9.17) is 9.97 Å². The minimum atomic E-state index is 0.729. The quantitative estimate of drug-likeness (QED) is 0.170. The predicted octanol–water partition coefficient (Wildman–Crippen LogP) is 14.3. The monoisotopic (exact) mass is 681 g/mol. The highest BCUT2D eigenvalue weighted by Gasteiger charge is 2.17. The molecule has 52 heavy (non-hydrogen) atoms. The van der Waals surface area contributed by atoms with Gasteiger partial charge in [0.25, 0.3) is 0 Å². The minimum absolute atomic E-state index is 0.729. The predicted molar refractivity (Wildman–Crippen MR) is 226 cm³/mol. The maximum absolute atomic E-state index is 5.28. The van der Waals surface area contributed by atoms with Crippen LogP contribution in [0.15, 0.2) is 152 Å². The summed E-state index contributed by atoms with van der Waals surface area (Å²) >= 11 is 0. The summed E-state index contributed by atoms with van der Waals surface area (Å²) in [5.74, 6) is 0.729. The van der Waals surface area contributed by atoms with Gasteiger partial charge in [-0.15, -0.1) is 0 Å². The topological polar surface area (TPSA) is 38.7 Å². The Hall–Kier alpha value is -5.67. The standard InChI is InChI=1S/C41H29N3.2C3H8.C2H6/c1-2-11-28(12-3-1)29-14-8-16-32(23-29)39-26-40(33-17-9-15-30(24-33)34-18-10-22-42-27-34)44-41(43-39)38-25-31-13-4-5-19-35(31)36-20-6-7-21-37(36)38;2*1-3-2;1-2/h1-7,9-13,15-27H,8,14H2;2*3H2,1-2H3;1-2H3. The highest BCUT2D eigenvalue weighted by Crippen LogP contribution is 2.37. The molecule has 3 nitrogen and oxygen atoms in total. The van der Waals surface area contributed by atoms with Crippen molar-refractivity contribution in [3.05, 3.63) is 163 Å².